The molecule has 1 rings (SSSR count). The van der Waals surface area contributed by atoms with Crippen LogP contribution in [0.1, 0.15) is 19.8 Å². The van der Waals surface area contributed by atoms with Gasteiger partial charge in [-0.05, 0) is 0 Å². The van der Waals surface area contributed by atoms with Gasteiger partial charge in [-0.25, -0.2) is 0 Å². The summed E-state index contributed by atoms with van der Waals surface area (Å²) in [5.74, 6) is -2.21. The fraction of sp³-hybridized carbons (Fsp3) is 0.625. The maximum absolute atomic E-state index is 11.1. The van der Waals surface area contributed by atoms with E-state index in [1.165, 1.54) is 6.92 Å². The van der Waals surface area contributed by atoms with Gasteiger partial charge < -0.3 is 5.11 Å². The molecule has 1 unspecified atom stereocenters. The zero-order valence-electron chi connectivity index (χ0n) is 7.32. The SMILES string of the molecule is CC(CN1C(=O)CCC1=O)C(=O)O. The Kier molecular flexibility index (Phi) is 2.65. The molecule has 0 bridgehead atoms. The van der Waals surface area contributed by atoms with Gasteiger partial charge in [-0.2, -0.15) is 0 Å². The quantitative estimate of drug-likeness (QED) is 0.621. The van der Waals surface area contributed by atoms with Gasteiger partial charge in [-0.3, -0.25) is 19.3 Å². The van der Waals surface area contributed by atoms with Gasteiger partial charge in [0.25, 0.3) is 0 Å². The summed E-state index contributed by atoms with van der Waals surface area (Å²) in [4.78, 5) is 33.6. The lowest BCUT2D eigenvalue weighted by Crippen LogP contribution is -2.35. The standard InChI is InChI=1S/C8H11NO4/c1-5(8(12)13)4-9-6(10)2-3-7(9)11/h5H,2-4H2,1H3,(H,12,13). The number of carbonyl (C=O) groups excluding carboxylic acids is 2. The smallest absolute Gasteiger partial charge is 0.308 e. The van der Waals surface area contributed by atoms with Gasteiger partial charge in [0.1, 0.15) is 0 Å². The maximum Gasteiger partial charge on any atom is 0.308 e. The molecule has 5 nitrogen and oxygen atoms in total. The lowest BCUT2D eigenvalue weighted by atomic mass is 10.2. The number of hydrogen-bond acceptors (Lipinski definition) is 3. The number of carbonyl (C=O) groups is 3. The number of imide groups is 1. The summed E-state index contributed by atoms with van der Waals surface area (Å²) in [6.07, 6.45) is 0.427. The summed E-state index contributed by atoms with van der Waals surface area (Å²) in [6, 6.07) is 0. The second kappa shape index (κ2) is 3.55. The Hall–Kier alpha value is -1.39. The molecule has 2 amide bonds. The Morgan fingerprint density at radius 2 is 1.92 bits per heavy atom. The molecule has 1 heterocycles. The van der Waals surface area contributed by atoms with Crippen LogP contribution >= 0.6 is 0 Å². The van der Waals surface area contributed by atoms with Crippen molar-refractivity contribution in [1.82, 2.24) is 4.90 Å². The number of nitrogens with zero attached hydrogens (tertiary/aromatic N) is 1. The van der Waals surface area contributed by atoms with Crippen molar-refractivity contribution in [3.05, 3.63) is 0 Å². The van der Waals surface area contributed by atoms with Crippen LogP contribution in [0.3, 0.4) is 0 Å². The first-order chi connectivity index (χ1) is 6.02. The molecule has 5 heteroatoms. The second-order valence-electron chi connectivity index (χ2n) is 3.14. The molecule has 0 saturated carbocycles. The Morgan fingerprint density at radius 1 is 1.46 bits per heavy atom. The largest absolute Gasteiger partial charge is 0.481 e. The topological polar surface area (TPSA) is 74.7 Å². The highest BCUT2D eigenvalue weighted by molar-refractivity contribution is 6.02. The van der Waals surface area contributed by atoms with Crippen LogP contribution in [0.4, 0.5) is 0 Å². The highest BCUT2D eigenvalue weighted by atomic mass is 16.4. The molecule has 1 fully saturated rings. The fourth-order valence-electron chi connectivity index (χ4n) is 1.18. The van der Waals surface area contributed by atoms with Crippen LogP contribution in [0, 0.1) is 5.92 Å². The summed E-state index contributed by atoms with van der Waals surface area (Å²) in [7, 11) is 0. The first kappa shape index (κ1) is 9.70. The van der Waals surface area contributed by atoms with E-state index in [0.29, 0.717) is 0 Å². The van der Waals surface area contributed by atoms with Crippen LogP contribution in [0.5, 0.6) is 0 Å². The van der Waals surface area contributed by atoms with Crippen LogP contribution in [-0.2, 0) is 14.4 Å². The molecule has 1 atom stereocenters. The predicted molar refractivity (Wildman–Crippen MR) is 42.8 cm³/mol. The van der Waals surface area contributed by atoms with Crippen molar-refractivity contribution in [2.45, 2.75) is 19.8 Å². The third kappa shape index (κ3) is 2.05. The number of rotatable bonds is 3. The number of carboxylic acid groups (broad SMARTS) is 1. The van der Waals surface area contributed by atoms with Crippen LogP contribution in [0.2, 0.25) is 0 Å². The van der Waals surface area contributed by atoms with Crippen molar-refractivity contribution in [1.29, 1.82) is 0 Å². The van der Waals surface area contributed by atoms with Crippen molar-refractivity contribution in [2.24, 2.45) is 5.92 Å². The number of amides is 2. The van der Waals surface area contributed by atoms with Gasteiger partial charge in [0.05, 0.1) is 5.92 Å². The van der Waals surface area contributed by atoms with Gasteiger partial charge in [0.15, 0.2) is 0 Å². The molecule has 0 aromatic carbocycles. The molecule has 0 aliphatic carbocycles. The van der Waals surface area contributed by atoms with E-state index < -0.39 is 11.9 Å². The molecule has 0 aromatic rings. The maximum atomic E-state index is 11.1. The average molecular weight is 185 g/mol. The van der Waals surface area contributed by atoms with E-state index in [9.17, 15) is 14.4 Å². The summed E-state index contributed by atoms with van der Waals surface area (Å²) in [5, 5.41) is 8.57. The fourth-order valence-corrected chi connectivity index (χ4v) is 1.18. The van der Waals surface area contributed by atoms with E-state index in [-0.39, 0.29) is 31.2 Å². The summed E-state index contributed by atoms with van der Waals surface area (Å²) in [5.41, 5.74) is 0. The molecule has 1 N–H and O–H groups in total. The third-order valence-electron chi connectivity index (χ3n) is 2.03. The zero-order chi connectivity index (χ0) is 10.0. The van der Waals surface area contributed by atoms with Crippen molar-refractivity contribution >= 4 is 17.8 Å². The van der Waals surface area contributed by atoms with Crippen molar-refractivity contribution in [3.63, 3.8) is 0 Å². The molecule has 0 aromatic heterocycles. The third-order valence-corrected chi connectivity index (χ3v) is 2.03. The average Bonchev–Trinajstić information content (AvgIpc) is 2.35. The Bertz CT molecular complexity index is 245. The summed E-state index contributed by atoms with van der Waals surface area (Å²) in [6.45, 7) is 1.47. The summed E-state index contributed by atoms with van der Waals surface area (Å²) < 4.78 is 0. The van der Waals surface area contributed by atoms with Gasteiger partial charge >= 0.3 is 5.97 Å². The zero-order valence-corrected chi connectivity index (χ0v) is 7.32. The minimum absolute atomic E-state index is 0.00694. The minimum atomic E-state index is -0.993. The van der Waals surface area contributed by atoms with Crippen LogP contribution in [0.15, 0.2) is 0 Å². The van der Waals surface area contributed by atoms with Crippen LogP contribution < -0.4 is 0 Å². The minimum Gasteiger partial charge on any atom is -0.481 e. The lowest BCUT2D eigenvalue weighted by molar-refractivity contribution is -0.144. The van der Waals surface area contributed by atoms with Gasteiger partial charge in [0.2, 0.25) is 11.8 Å². The first-order valence-electron chi connectivity index (χ1n) is 4.08. The Morgan fingerprint density at radius 3 is 2.31 bits per heavy atom. The highest BCUT2D eigenvalue weighted by Gasteiger charge is 2.31. The normalized spacial score (nSPS) is 19.3. The van der Waals surface area contributed by atoms with Crippen molar-refractivity contribution in [3.8, 4) is 0 Å². The Labute approximate surface area is 75.3 Å². The molecule has 0 spiro atoms. The second-order valence-corrected chi connectivity index (χ2v) is 3.14. The molecule has 1 aliphatic heterocycles. The van der Waals surface area contributed by atoms with E-state index in [1.807, 2.05) is 0 Å². The summed E-state index contributed by atoms with van der Waals surface area (Å²) >= 11 is 0. The van der Waals surface area contributed by atoms with E-state index in [1.54, 1.807) is 0 Å². The Balaban J connectivity index is 2.57. The molecular weight excluding hydrogens is 174 g/mol. The molecule has 1 aliphatic rings. The number of carboxylic acids is 1. The number of aliphatic carboxylic acids is 1. The van der Waals surface area contributed by atoms with E-state index in [2.05, 4.69) is 0 Å². The van der Waals surface area contributed by atoms with Gasteiger partial charge in [-0.15, -0.1) is 0 Å². The predicted octanol–water partition coefficient (Wildman–Crippen LogP) is -0.144. The highest BCUT2D eigenvalue weighted by Crippen LogP contribution is 2.13. The van der Waals surface area contributed by atoms with E-state index in [4.69, 9.17) is 5.11 Å². The lowest BCUT2D eigenvalue weighted by Gasteiger charge is -2.15. The first-order valence-corrected chi connectivity index (χ1v) is 4.08. The van der Waals surface area contributed by atoms with Crippen LogP contribution in [0.25, 0.3) is 0 Å². The van der Waals surface area contributed by atoms with Crippen LogP contribution in [-0.4, -0.2) is 34.3 Å². The molecule has 0 radical (unpaired) electrons. The van der Waals surface area contributed by atoms with E-state index >= 15 is 0 Å². The van der Waals surface area contributed by atoms with E-state index in [0.717, 1.165) is 4.90 Å². The molecule has 72 valence electrons. The monoisotopic (exact) mass is 185 g/mol. The number of hydrogen-bond donors (Lipinski definition) is 1. The number of likely N-dealkylation sites (tertiary alicyclic amines) is 1. The van der Waals surface area contributed by atoms with Gasteiger partial charge in [0, 0.05) is 19.4 Å². The van der Waals surface area contributed by atoms with Crippen molar-refractivity contribution < 1.29 is 19.5 Å². The molecule has 1 saturated heterocycles. The molecular formula is C8H11NO4. The van der Waals surface area contributed by atoms with Crippen molar-refractivity contribution in [2.75, 3.05) is 6.54 Å². The van der Waals surface area contributed by atoms with Gasteiger partial charge in [-0.1, -0.05) is 6.92 Å². The molecule has 13 heavy (non-hydrogen) atoms.